The topological polar surface area (TPSA) is 180 Å². The Bertz CT molecular complexity index is 578. The molecule has 1 fully saturated rings. The van der Waals surface area contributed by atoms with Gasteiger partial charge in [-0.3, -0.25) is 9.59 Å². The minimum Gasteiger partial charge on any atom is -0.444 e. The fraction of sp³-hybridized carbons (Fsp3) is 0.583. The molecule has 0 radical (unpaired) electrons. The third-order valence-electron chi connectivity index (χ3n) is 3.33. The van der Waals surface area contributed by atoms with Gasteiger partial charge in [-0.15, -0.1) is 0 Å². The third-order valence-corrected chi connectivity index (χ3v) is 3.33. The Labute approximate surface area is 130 Å². The van der Waals surface area contributed by atoms with E-state index in [4.69, 9.17) is 15.2 Å². The second-order valence-corrected chi connectivity index (χ2v) is 5.00. The lowest BCUT2D eigenvalue weighted by molar-refractivity contribution is -0.245. The molecular weight excluding hydrogens is 312 g/mol. The molecule has 1 aromatic rings. The monoisotopic (exact) mass is 330 g/mol. The third kappa shape index (κ3) is 3.59. The van der Waals surface area contributed by atoms with Gasteiger partial charge in [-0.05, 0) is 0 Å². The quantitative estimate of drug-likeness (QED) is 0.327. The summed E-state index contributed by atoms with van der Waals surface area (Å²) >= 11 is 0. The maximum Gasteiger partial charge on any atom is 0.270 e. The number of aliphatic hydroxyl groups excluding tert-OH is 3. The van der Waals surface area contributed by atoms with E-state index >= 15 is 0 Å². The highest BCUT2D eigenvalue weighted by atomic mass is 16.7. The standard InChI is InChI=1S/C12H18N4O7/c1-4(18)16-6-9(20)8(19)5(2-17)22-12(6)23-11-7(10(13)21)14-3-15-11/h3,5-6,8-9,12,17,19-20H,2H2,1H3,(H2,13,21)(H,14,15)(H,16,18)/t5-,6-,8-,9-,12+/m1/s1. The number of ether oxygens (including phenoxy) is 2. The SMILES string of the molecule is CC(=O)N[C@H]1[C@H](Oc2nc[nH]c2C(N)=O)O[C@H](CO)[C@@H](O)[C@@H]1O. The number of imidazole rings is 1. The predicted octanol–water partition coefficient (Wildman–Crippen LogP) is -3.17. The summed E-state index contributed by atoms with van der Waals surface area (Å²) in [5.74, 6) is -1.53. The molecule has 1 aliphatic heterocycles. The average molecular weight is 330 g/mol. The highest BCUT2D eigenvalue weighted by molar-refractivity contribution is 5.93. The van der Waals surface area contributed by atoms with Gasteiger partial charge in [0.15, 0.2) is 5.69 Å². The maximum atomic E-state index is 11.3. The summed E-state index contributed by atoms with van der Waals surface area (Å²) in [4.78, 5) is 28.8. The van der Waals surface area contributed by atoms with Gasteiger partial charge in [-0.2, -0.15) is 0 Å². The van der Waals surface area contributed by atoms with Gasteiger partial charge in [0, 0.05) is 6.92 Å². The van der Waals surface area contributed by atoms with Gasteiger partial charge in [0.2, 0.25) is 18.1 Å². The van der Waals surface area contributed by atoms with Crippen LogP contribution in [0, 0.1) is 0 Å². The van der Waals surface area contributed by atoms with E-state index in [9.17, 15) is 24.9 Å². The van der Waals surface area contributed by atoms with Crippen molar-refractivity contribution in [3.8, 4) is 5.88 Å². The molecule has 1 aliphatic rings. The van der Waals surface area contributed by atoms with Crippen LogP contribution in [-0.2, 0) is 9.53 Å². The number of primary amides is 1. The van der Waals surface area contributed by atoms with Crippen molar-refractivity contribution in [3.63, 3.8) is 0 Å². The van der Waals surface area contributed by atoms with Crippen LogP contribution < -0.4 is 15.8 Å². The van der Waals surface area contributed by atoms with E-state index in [1.807, 2.05) is 0 Å². The average Bonchev–Trinajstić information content (AvgIpc) is 2.94. The molecule has 0 aromatic carbocycles. The molecule has 0 unspecified atom stereocenters. The number of nitrogens with zero attached hydrogens (tertiary/aromatic N) is 1. The van der Waals surface area contributed by atoms with E-state index in [-0.39, 0.29) is 11.6 Å². The first kappa shape index (κ1) is 17.1. The van der Waals surface area contributed by atoms with Gasteiger partial charge >= 0.3 is 0 Å². The van der Waals surface area contributed by atoms with Crippen molar-refractivity contribution < 1.29 is 34.4 Å². The van der Waals surface area contributed by atoms with Gasteiger partial charge in [0.05, 0.1) is 12.9 Å². The molecule has 11 heteroatoms. The molecule has 2 rings (SSSR count). The van der Waals surface area contributed by atoms with Crippen molar-refractivity contribution in [2.24, 2.45) is 5.73 Å². The Morgan fingerprint density at radius 1 is 1.48 bits per heavy atom. The molecule has 23 heavy (non-hydrogen) atoms. The van der Waals surface area contributed by atoms with Gasteiger partial charge < -0.3 is 40.8 Å². The first-order valence-corrected chi connectivity index (χ1v) is 6.74. The molecule has 2 amide bonds. The highest BCUT2D eigenvalue weighted by Gasteiger charge is 2.46. The molecule has 2 heterocycles. The lowest BCUT2D eigenvalue weighted by Crippen LogP contribution is -2.65. The maximum absolute atomic E-state index is 11.3. The van der Waals surface area contributed by atoms with Crippen LogP contribution in [0.15, 0.2) is 6.33 Å². The number of aliphatic hydroxyl groups is 3. The van der Waals surface area contributed by atoms with Crippen molar-refractivity contribution in [2.45, 2.75) is 37.6 Å². The van der Waals surface area contributed by atoms with Crippen molar-refractivity contribution >= 4 is 11.8 Å². The lowest BCUT2D eigenvalue weighted by atomic mass is 9.97. The first-order valence-electron chi connectivity index (χ1n) is 6.74. The van der Waals surface area contributed by atoms with E-state index in [2.05, 4.69) is 15.3 Å². The van der Waals surface area contributed by atoms with Crippen LogP contribution in [0.1, 0.15) is 17.4 Å². The summed E-state index contributed by atoms with van der Waals surface area (Å²) in [6.45, 7) is 0.617. The summed E-state index contributed by atoms with van der Waals surface area (Å²) in [6, 6.07) is -1.15. The fourth-order valence-corrected chi connectivity index (χ4v) is 2.23. The Morgan fingerprint density at radius 3 is 2.74 bits per heavy atom. The molecule has 7 N–H and O–H groups in total. The van der Waals surface area contributed by atoms with Crippen LogP contribution in [0.2, 0.25) is 0 Å². The predicted molar refractivity (Wildman–Crippen MR) is 73.1 cm³/mol. The molecule has 0 spiro atoms. The van der Waals surface area contributed by atoms with Crippen molar-refractivity contribution in [1.29, 1.82) is 0 Å². The molecular formula is C12H18N4O7. The molecule has 1 saturated heterocycles. The number of amides is 2. The Hall–Kier alpha value is -2.21. The van der Waals surface area contributed by atoms with E-state index in [0.29, 0.717) is 0 Å². The summed E-state index contributed by atoms with van der Waals surface area (Å²) in [7, 11) is 0. The molecule has 5 atom stereocenters. The largest absolute Gasteiger partial charge is 0.444 e. The lowest BCUT2D eigenvalue weighted by Gasteiger charge is -2.41. The van der Waals surface area contributed by atoms with Crippen molar-refractivity contribution in [1.82, 2.24) is 15.3 Å². The minimum absolute atomic E-state index is 0.128. The van der Waals surface area contributed by atoms with Gasteiger partial charge in [-0.1, -0.05) is 0 Å². The van der Waals surface area contributed by atoms with Crippen LogP contribution >= 0.6 is 0 Å². The first-order chi connectivity index (χ1) is 10.8. The molecule has 0 saturated carbocycles. The van der Waals surface area contributed by atoms with E-state index in [0.717, 1.165) is 0 Å². The fourth-order valence-electron chi connectivity index (χ4n) is 2.23. The van der Waals surface area contributed by atoms with Crippen molar-refractivity contribution in [2.75, 3.05) is 6.61 Å². The zero-order valence-electron chi connectivity index (χ0n) is 12.2. The number of carbonyl (C=O) groups excluding carboxylic acids is 2. The van der Waals surface area contributed by atoms with Crippen LogP contribution in [-0.4, -0.2) is 74.4 Å². The molecule has 128 valence electrons. The zero-order chi connectivity index (χ0) is 17.1. The smallest absolute Gasteiger partial charge is 0.270 e. The van der Waals surface area contributed by atoms with Crippen LogP contribution in [0.3, 0.4) is 0 Å². The molecule has 0 bridgehead atoms. The van der Waals surface area contributed by atoms with E-state index < -0.39 is 49.1 Å². The normalized spacial score (nSPS) is 30.7. The summed E-state index contributed by atoms with van der Waals surface area (Å²) in [5.41, 5.74) is 5.02. The second kappa shape index (κ2) is 6.91. The number of aromatic amines is 1. The summed E-state index contributed by atoms with van der Waals surface area (Å²) in [5, 5.41) is 31.6. The number of hydrogen-bond acceptors (Lipinski definition) is 8. The second-order valence-electron chi connectivity index (χ2n) is 5.00. The number of rotatable bonds is 5. The highest BCUT2D eigenvalue weighted by Crippen LogP contribution is 2.24. The summed E-state index contributed by atoms with van der Waals surface area (Å²) < 4.78 is 10.7. The minimum atomic E-state index is -1.47. The zero-order valence-corrected chi connectivity index (χ0v) is 12.2. The van der Waals surface area contributed by atoms with E-state index in [1.165, 1.54) is 13.3 Å². The molecule has 1 aromatic heterocycles. The molecule has 0 aliphatic carbocycles. The number of nitrogens with one attached hydrogen (secondary N) is 2. The number of hydrogen-bond donors (Lipinski definition) is 6. The molecule has 11 nitrogen and oxygen atoms in total. The number of aromatic nitrogens is 2. The van der Waals surface area contributed by atoms with Gasteiger partial charge in [0.1, 0.15) is 24.4 Å². The Balaban J connectivity index is 2.25. The number of H-pyrrole nitrogens is 1. The Kier molecular flexibility index (Phi) is 5.15. The van der Waals surface area contributed by atoms with Crippen LogP contribution in [0.5, 0.6) is 5.88 Å². The Morgan fingerprint density at radius 2 is 2.17 bits per heavy atom. The van der Waals surface area contributed by atoms with Gasteiger partial charge in [0.25, 0.3) is 5.91 Å². The van der Waals surface area contributed by atoms with Crippen LogP contribution in [0.25, 0.3) is 0 Å². The number of nitrogens with two attached hydrogens (primary N) is 1. The van der Waals surface area contributed by atoms with E-state index in [1.54, 1.807) is 0 Å². The van der Waals surface area contributed by atoms with Crippen molar-refractivity contribution in [3.05, 3.63) is 12.0 Å². The van der Waals surface area contributed by atoms with Gasteiger partial charge in [-0.25, -0.2) is 4.98 Å². The van der Waals surface area contributed by atoms with Crippen LogP contribution in [0.4, 0.5) is 0 Å². The summed E-state index contributed by atoms with van der Waals surface area (Å²) in [6.07, 6.45) is -4.19. The number of carbonyl (C=O) groups is 2.